The third kappa shape index (κ3) is 5.14. The number of carboxylic acids is 1. The van der Waals surface area contributed by atoms with Gasteiger partial charge in [0.25, 0.3) is 0 Å². The van der Waals surface area contributed by atoms with Crippen molar-refractivity contribution in [1.29, 1.82) is 0 Å². The lowest BCUT2D eigenvalue weighted by atomic mass is 10.0. The molecule has 1 aliphatic rings. The minimum atomic E-state index is -1.16. The highest BCUT2D eigenvalue weighted by Gasteiger charge is 2.18. The number of methoxy groups -OCH3 is 2. The van der Waals surface area contributed by atoms with Crippen molar-refractivity contribution in [3.05, 3.63) is 65.2 Å². The number of aryl methyl sites for hydroxylation is 1. The summed E-state index contributed by atoms with van der Waals surface area (Å²) in [5.74, 6) is -2.34. The van der Waals surface area contributed by atoms with Crippen LogP contribution in [0.1, 0.15) is 22.3 Å². The molecule has 0 atom stereocenters. The molecule has 4 rings (SSSR count). The highest BCUT2D eigenvalue weighted by atomic mass is 19.1. The zero-order valence-electron chi connectivity index (χ0n) is 19.8. The standard InChI is InChI=1S/C25H23F2N5O4/c1-32-8-4-5-14-9-20(18(26)13-21(14)32)30-29-16-10-19(27)24(23(12-16)36-3)31-28-15-6-7-17(25(33)34)22(11-15)35-2/h6-7,9-13H,4-5,8H2,1-3H3,(H,33,34). The first-order valence-electron chi connectivity index (χ1n) is 11.0. The average Bonchev–Trinajstić information content (AvgIpc) is 2.86. The van der Waals surface area contributed by atoms with Crippen LogP contribution in [-0.4, -0.2) is 38.9 Å². The minimum Gasteiger partial charge on any atom is -0.496 e. The lowest BCUT2D eigenvalue weighted by Crippen LogP contribution is -2.24. The first kappa shape index (κ1) is 24.7. The first-order valence-corrected chi connectivity index (χ1v) is 11.0. The third-order valence-corrected chi connectivity index (χ3v) is 5.69. The average molecular weight is 495 g/mol. The van der Waals surface area contributed by atoms with Crippen LogP contribution in [0.25, 0.3) is 0 Å². The summed E-state index contributed by atoms with van der Waals surface area (Å²) in [5, 5.41) is 25.0. The second-order valence-corrected chi connectivity index (χ2v) is 8.03. The Morgan fingerprint density at radius 2 is 1.64 bits per heavy atom. The maximum Gasteiger partial charge on any atom is 0.339 e. The van der Waals surface area contributed by atoms with Gasteiger partial charge < -0.3 is 19.5 Å². The molecule has 0 amide bonds. The number of ether oxygens (including phenoxy) is 2. The highest BCUT2D eigenvalue weighted by molar-refractivity contribution is 5.91. The number of rotatable bonds is 7. The molecule has 1 heterocycles. The molecule has 0 radical (unpaired) electrons. The molecule has 0 fully saturated rings. The highest BCUT2D eigenvalue weighted by Crippen LogP contribution is 2.38. The van der Waals surface area contributed by atoms with Gasteiger partial charge in [-0.3, -0.25) is 0 Å². The molecule has 1 aliphatic heterocycles. The van der Waals surface area contributed by atoms with Crippen LogP contribution in [0, 0.1) is 11.6 Å². The number of carboxylic acid groups (broad SMARTS) is 1. The van der Waals surface area contributed by atoms with Crippen molar-refractivity contribution in [3.8, 4) is 11.5 Å². The number of anilines is 1. The summed E-state index contributed by atoms with van der Waals surface area (Å²) in [6.45, 7) is 0.858. The largest absolute Gasteiger partial charge is 0.496 e. The van der Waals surface area contributed by atoms with Crippen molar-refractivity contribution in [3.63, 3.8) is 0 Å². The molecule has 0 spiro atoms. The van der Waals surface area contributed by atoms with Crippen LogP contribution < -0.4 is 14.4 Å². The van der Waals surface area contributed by atoms with Gasteiger partial charge in [0, 0.05) is 37.5 Å². The molecule has 11 heteroatoms. The van der Waals surface area contributed by atoms with Gasteiger partial charge >= 0.3 is 5.97 Å². The number of benzene rings is 3. The second kappa shape index (κ2) is 10.5. The number of nitrogens with zero attached hydrogens (tertiary/aromatic N) is 5. The molecule has 0 aromatic heterocycles. The number of azo groups is 2. The fourth-order valence-corrected chi connectivity index (χ4v) is 3.86. The van der Waals surface area contributed by atoms with E-state index in [9.17, 15) is 18.7 Å². The summed E-state index contributed by atoms with van der Waals surface area (Å²) in [7, 11) is 4.57. The predicted molar refractivity (Wildman–Crippen MR) is 129 cm³/mol. The van der Waals surface area contributed by atoms with E-state index in [4.69, 9.17) is 9.47 Å². The van der Waals surface area contributed by atoms with Crippen LogP contribution in [0.4, 0.5) is 37.2 Å². The van der Waals surface area contributed by atoms with Crippen molar-refractivity contribution in [1.82, 2.24) is 0 Å². The quantitative estimate of drug-likeness (QED) is 0.359. The lowest BCUT2D eigenvalue weighted by Gasteiger charge is -2.27. The topological polar surface area (TPSA) is 108 Å². The van der Waals surface area contributed by atoms with Crippen molar-refractivity contribution < 1.29 is 28.2 Å². The van der Waals surface area contributed by atoms with E-state index >= 15 is 0 Å². The van der Waals surface area contributed by atoms with Crippen molar-refractivity contribution >= 4 is 34.4 Å². The number of carbonyl (C=O) groups is 1. The molecule has 0 bridgehead atoms. The maximum absolute atomic E-state index is 14.9. The molecule has 3 aromatic carbocycles. The van der Waals surface area contributed by atoms with Crippen LogP contribution in [0.3, 0.4) is 0 Å². The Bertz CT molecular complexity index is 1380. The van der Waals surface area contributed by atoms with Crippen LogP contribution in [0.2, 0.25) is 0 Å². The fourth-order valence-electron chi connectivity index (χ4n) is 3.86. The Morgan fingerprint density at radius 1 is 0.917 bits per heavy atom. The zero-order valence-corrected chi connectivity index (χ0v) is 19.8. The van der Waals surface area contributed by atoms with Crippen LogP contribution in [0.15, 0.2) is 62.9 Å². The zero-order chi connectivity index (χ0) is 25.8. The molecule has 0 saturated carbocycles. The van der Waals surface area contributed by atoms with Gasteiger partial charge in [-0.05, 0) is 42.7 Å². The molecule has 0 unspecified atom stereocenters. The maximum atomic E-state index is 14.9. The van der Waals surface area contributed by atoms with Crippen molar-refractivity contribution in [2.24, 2.45) is 20.5 Å². The second-order valence-electron chi connectivity index (χ2n) is 8.03. The Hall–Kier alpha value is -4.41. The number of fused-ring (bicyclic) bond motifs is 1. The van der Waals surface area contributed by atoms with Gasteiger partial charge in [0.2, 0.25) is 0 Å². The van der Waals surface area contributed by atoms with E-state index in [1.807, 2.05) is 11.9 Å². The van der Waals surface area contributed by atoms with Crippen LogP contribution >= 0.6 is 0 Å². The molecule has 3 aromatic rings. The van der Waals surface area contributed by atoms with E-state index in [1.54, 1.807) is 6.07 Å². The molecular weight excluding hydrogens is 472 g/mol. The number of hydrogen-bond donors (Lipinski definition) is 1. The number of halogens is 2. The summed E-state index contributed by atoms with van der Waals surface area (Å²) < 4.78 is 39.7. The van der Waals surface area contributed by atoms with E-state index in [0.717, 1.165) is 36.7 Å². The Balaban J connectivity index is 1.60. The van der Waals surface area contributed by atoms with E-state index in [2.05, 4.69) is 20.5 Å². The van der Waals surface area contributed by atoms with E-state index in [1.165, 1.54) is 44.6 Å². The van der Waals surface area contributed by atoms with Gasteiger partial charge in [-0.15, -0.1) is 10.2 Å². The van der Waals surface area contributed by atoms with Gasteiger partial charge in [-0.25, -0.2) is 13.6 Å². The lowest BCUT2D eigenvalue weighted by molar-refractivity contribution is 0.0693. The van der Waals surface area contributed by atoms with Crippen LogP contribution in [0.5, 0.6) is 11.5 Å². The van der Waals surface area contributed by atoms with Gasteiger partial charge in [0.15, 0.2) is 23.1 Å². The fraction of sp³-hybridized carbons (Fsp3) is 0.240. The summed E-state index contributed by atoms with van der Waals surface area (Å²) in [5.41, 5.74) is 1.98. The summed E-state index contributed by atoms with van der Waals surface area (Å²) in [6, 6.07) is 9.66. The first-order chi connectivity index (χ1) is 17.3. The Labute approximate surface area is 205 Å². The summed E-state index contributed by atoms with van der Waals surface area (Å²) in [6.07, 6.45) is 1.77. The number of aromatic carboxylic acids is 1. The van der Waals surface area contributed by atoms with E-state index < -0.39 is 17.6 Å². The Kier molecular flexibility index (Phi) is 7.18. The van der Waals surface area contributed by atoms with Crippen molar-refractivity contribution in [2.75, 3.05) is 32.7 Å². The molecule has 9 nitrogen and oxygen atoms in total. The molecular formula is C25H23F2N5O4. The summed E-state index contributed by atoms with van der Waals surface area (Å²) in [4.78, 5) is 13.2. The SMILES string of the molecule is COc1cc(N=Nc2c(F)cc(N=Nc3cc4c(cc3F)N(C)CCC4)cc2OC)ccc1C(=O)O. The smallest absolute Gasteiger partial charge is 0.339 e. The minimum absolute atomic E-state index is 0.0364. The predicted octanol–water partition coefficient (Wildman–Crippen LogP) is 6.89. The molecule has 1 N–H and O–H groups in total. The molecule has 0 aliphatic carbocycles. The molecule has 36 heavy (non-hydrogen) atoms. The van der Waals surface area contributed by atoms with Gasteiger partial charge in [0.1, 0.15) is 17.0 Å². The third-order valence-electron chi connectivity index (χ3n) is 5.69. The monoisotopic (exact) mass is 495 g/mol. The van der Waals surface area contributed by atoms with Gasteiger partial charge in [-0.1, -0.05) is 0 Å². The van der Waals surface area contributed by atoms with Crippen molar-refractivity contribution in [2.45, 2.75) is 12.8 Å². The molecule has 186 valence electrons. The normalized spacial score (nSPS) is 13.3. The molecule has 0 saturated heterocycles. The summed E-state index contributed by atoms with van der Waals surface area (Å²) >= 11 is 0. The Morgan fingerprint density at radius 3 is 2.36 bits per heavy atom. The van der Waals surface area contributed by atoms with Gasteiger partial charge in [0.05, 0.1) is 25.6 Å². The van der Waals surface area contributed by atoms with E-state index in [-0.39, 0.29) is 39.8 Å². The number of hydrogen-bond acceptors (Lipinski definition) is 8. The van der Waals surface area contributed by atoms with Gasteiger partial charge in [-0.2, -0.15) is 10.2 Å². The van der Waals surface area contributed by atoms with Crippen LogP contribution in [-0.2, 0) is 6.42 Å². The van der Waals surface area contributed by atoms with E-state index in [0.29, 0.717) is 0 Å².